The van der Waals surface area contributed by atoms with Gasteiger partial charge in [0.2, 0.25) is 11.8 Å². The maximum atomic E-state index is 16.8. The summed E-state index contributed by atoms with van der Waals surface area (Å²) in [5, 5.41) is 5.43. The highest BCUT2D eigenvalue weighted by Crippen LogP contribution is 2.49. The normalized spacial score (nSPS) is 21.1. The number of imidazole rings is 2. The van der Waals surface area contributed by atoms with E-state index in [1.54, 1.807) is 9.80 Å². The van der Waals surface area contributed by atoms with Crippen LogP contribution >= 0.6 is 0 Å². The van der Waals surface area contributed by atoms with E-state index in [0.29, 0.717) is 86.1 Å². The van der Waals surface area contributed by atoms with Crippen molar-refractivity contribution in [3.8, 4) is 0 Å². The van der Waals surface area contributed by atoms with E-state index in [0.717, 1.165) is 47.8 Å². The molecule has 396 valence electrons. The van der Waals surface area contributed by atoms with Crippen molar-refractivity contribution in [2.75, 3.05) is 50.2 Å². The Morgan fingerprint density at radius 2 is 1.05 bits per heavy atom. The van der Waals surface area contributed by atoms with Crippen molar-refractivity contribution in [3.63, 3.8) is 0 Å². The van der Waals surface area contributed by atoms with E-state index in [9.17, 15) is 19.2 Å². The van der Waals surface area contributed by atoms with E-state index in [-0.39, 0.29) is 53.5 Å². The molecule has 4 aliphatic heterocycles. The molecule has 2 aromatic heterocycles. The van der Waals surface area contributed by atoms with Crippen LogP contribution < -0.4 is 20.4 Å². The Bertz CT molecular complexity index is 2890. The van der Waals surface area contributed by atoms with E-state index in [4.69, 9.17) is 19.4 Å². The van der Waals surface area contributed by atoms with Gasteiger partial charge in [0.25, 0.3) is 0 Å². The summed E-state index contributed by atoms with van der Waals surface area (Å²) < 4.78 is 43.3. The molecule has 1 unspecified atom stereocenters. The number of halogens is 2. The van der Waals surface area contributed by atoms with Crippen molar-refractivity contribution in [2.24, 2.45) is 11.8 Å². The fourth-order valence-electron chi connectivity index (χ4n) is 12.2. The first-order chi connectivity index (χ1) is 36.2. The van der Waals surface area contributed by atoms with Gasteiger partial charge in [-0.1, -0.05) is 70.2 Å². The van der Waals surface area contributed by atoms with E-state index >= 15 is 8.78 Å². The third-order valence-electron chi connectivity index (χ3n) is 16.1. The SMILES string of the molecule is COC(=O)NC(C(=O)N1CCC[C@H]1c1nc2cc([C@H]3CC[C@H](c4ccc5[nH]c([C@@H]6CCCN6C(=O)[C@@H](NC(=O)OC)C(C)C)nc5c4)N3c3cc(F)c(N4CCC(c5ccccc5)CC4)c(F)c3)ccc2[nH]1)C(C)C. The first-order valence-electron chi connectivity index (χ1n) is 26.6. The average Bonchev–Trinajstić information content (AvgIpc) is 4.28. The van der Waals surface area contributed by atoms with Gasteiger partial charge < -0.3 is 49.7 Å². The fraction of sp³-hybridized carbons (Fsp3) is 0.474. The van der Waals surface area contributed by atoms with Gasteiger partial charge in [-0.15, -0.1) is 0 Å². The summed E-state index contributed by atoms with van der Waals surface area (Å²) in [6.45, 7) is 9.64. The number of aromatic nitrogens is 4. The summed E-state index contributed by atoms with van der Waals surface area (Å²) in [4.78, 5) is 77.1. The van der Waals surface area contributed by atoms with Gasteiger partial charge >= 0.3 is 12.2 Å². The molecule has 10 rings (SSSR count). The molecular formula is C57H68F2N10O6. The van der Waals surface area contributed by atoms with Gasteiger partial charge in [-0.25, -0.2) is 28.3 Å². The van der Waals surface area contributed by atoms with Crippen LogP contribution in [0, 0.1) is 23.5 Å². The van der Waals surface area contributed by atoms with Crippen LogP contribution in [0.15, 0.2) is 78.9 Å². The lowest BCUT2D eigenvalue weighted by Crippen LogP contribution is -2.51. The van der Waals surface area contributed by atoms with E-state index in [1.165, 1.54) is 31.9 Å². The summed E-state index contributed by atoms with van der Waals surface area (Å²) >= 11 is 0. The summed E-state index contributed by atoms with van der Waals surface area (Å²) in [5.74, 6) is -0.339. The van der Waals surface area contributed by atoms with Crippen LogP contribution in [0.4, 0.5) is 29.7 Å². The Morgan fingerprint density at radius 3 is 1.49 bits per heavy atom. The molecule has 6 atom stereocenters. The number of alkyl carbamates (subject to hydrolysis) is 2. The number of nitrogens with one attached hydrogen (secondary N) is 4. The van der Waals surface area contributed by atoms with Gasteiger partial charge in [0.15, 0.2) is 11.6 Å². The Kier molecular flexibility index (Phi) is 14.7. The monoisotopic (exact) mass is 1030 g/mol. The number of amides is 4. The molecule has 75 heavy (non-hydrogen) atoms. The quantitative estimate of drug-likeness (QED) is 0.0869. The van der Waals surface area contributed by atoms with Crippen LogP contribution in [0.2, 0.25) is 0 Å². The number of piperidine rings is 1. The lowest BCUT2D eigenvalue weighted by atomic mass is 9.89. The zero-order valence-electron chi connectivity index (χ0n) is 43.6. The zero-order chi connectivity index (χ0) is 52.7. The molecule has 0 spiro atoms. The Labute approximate surface area is 435 Å². The van der Waals surface area contributed by atoms with Crippen molar-refractivity contribution in [2.45, 2.75) is 121 Å². The van der Waals surface area contributed by atoms with E-state index < -0.39 is 35.9 Å². The number of nitrogens with zero attached hydrogens (tertiary/aromatic N) is 6. The Hall–Kier alpha value is -7.24. The van der Waals surface area contributed by atoms with E-state index in [1.807, 2.05) is 87.2 Å². The minimum absolute atomic E-state index is 0.00559. The molecule has 4 amide bonds. The average molecular weight is 1030 g/mol. The number of H-pyrrole nitrogens is 2. The molecule has 0 aliphatic carbocycles. The summed E-state index contributed by atoms with van der Waals surface area (Å²) in [6.07, 6.45) is 4.53. The van der Waals surface area contributed by atoms with Crippen molar-refractivity contribution in [1.29, 1.82) is 0 Å². The Morgan fingerprint density at radius 1 is 0.587 bits per heavy atom. The smallest absolute Gasteiger partial charge is 0.407 e. The van der Waals surface area contributed by atoms with Crippen LogP contribution in [-0.4, -0.2) is 106 Å². The number of benzene rings is 4. The van der Waals surface area contributed by atoms with Gasteiger partial charge in [-0.05, 0) is 122 Å². The van der Waals surface area contributed by atoms with Crippen LogP contribution in [0.1, 0.15) is 137 Å². The molecule has 18 heteroatoms. The predicted octanol–water partition coefficient (Wildman–Crippen LogP) is 10.3. The number of carbonyl (C=O) groups is 4. The molecule has 4 N–H and O–H groups in total. The number of fused-ring (bicyclic) bond motifs is 2. The molecule has 4 aliphatic rings. The number of anilines is 2. The molecule has 6 aromatic rings. The third kappa shape index (κ3) is 10.2. The van der Waals surface area contributed by atoms with Crippen molar-refractivity contribution >= 4 is 57.4 Å². The van der Waals surface area contributed by atoms with Gasteiger partial charge in [-0.3, -0.25) is 9.59 Å². The summed E-state index contributed by atoms with van der Waals surface area (Å²) in [6, 6.07) is 22.6. The lowest BCUT2D eigenvalue weighted by molar-refractivity contribution is -0.136. The number of aromatic amines is 2. The van der Waals surface area contributed by atoms with Crippen LogP contribution in [-0.2, 0) is 19.1 Å². The second kappa shape index (κ2) is 21.5. The van der Waals surface area contributed by atoms with Gasteiger partial charge in [0.05, 0.1) is 60.5 Å². The number of likely N-dealkylation sites (tertiary alicyclic amines) is 2. The molecule has 0 bridgehead atoms. The number of carbonyl (C=O) groups excluding carboxylic acids is 4. The summed E-state index contributed by atoms with van der Waals surface area (Å²) in [5.41, 5.74) is 6.50. The van der Waals surface area contributed by atoms with Crippen LogP contribution in [0.5, 0.6) is 0 Å². The maximum Gasteiger partial charge on any atom is 0.407 e. The Balaban J connectivity index is 0.965. The molecule has 0 radical (unpaired) electrons. The first kappa shape index (κ1) is 51.3. The standard InChI is InChI=1S/C57H68F2N10O6/c1-32(2)49(64-56(72)74-5)54(70)67-24-10-14-47(67)52-60-41-18-16-36(28-43(41)62-52)45-20-21-46(69(45)38-30-39(58)51(40(59)31-38)66-26-22-35(23-27-66)34-12-8-7-9-13-34)37-17-19-42-44(29-37)63-53(61-42)48-15-11-25-68(48)55(71)50(33(3)4)65-57(73)75-6/h7-9,12-13,16-19,28-33,35,45-50H,10-11,14-15,20-27H2,1-6H3,(H,60,62)(H,61,63)(H,64,72)(H,65,73)/t45-,46-,47+,48+,49+,50?/m1/s1. The fourth-order valence-corrected chi connectivity index (χ4v) is 12.2. The maximum absolute atomic E-state index is 16.8. The number of rotatable bonds is 13. The number of methoxy groups -OCH3 is 2. The number of hydrogen-bond donors (Lipinski definition) is 4. The topological polar surface area (TPSA) is 181 Å². The van der Waals surface area contributed by atoms with Crippen molar-refractivity contribution in [3.05, 3.63) is 119 Å². The van der Waals surface area contributed by atoms with Crippen LogP contribution in [0.3, 0.4) is 0 Å². The number of hydrogen-bond acceptors (Lipinski definition) is 10. The largest absolute Gasteiger partial charge is 0.453 e. The highest BCUT2D eigenvalue weighted by atomic mass is 19.1. The zero-order valence-corrected chi connectivity index (χ0v) is 43.6. The van der Waals surface area contributed by atoms with E-state index in [2.05, 4.69) is 37.6 Å². The van der Waals surface area contributed by atoms with Gasteiger partial charge in [0, 0.05) is 31.9 Å². The van der Waals surface area contributed by atoms with Gasteiger partial charge in [0.1, 0.15) is 29.4 Å². The second-order valence-electron chi connectivity index (χ2n) is 21.3. The summed E-state index contributed by atoms with van der Waals surface area (Å²) in [7, 11) is 2.55. The van der Waals surface area contributed by atoms with Gasteiger partial charge in [-0.2, -0.15) is 0 Å². The second-order valence-corrected chi connectivity index (χ2v) is 21.3. The first-order valence-corrected chi connectivity index (χ1v) is 26.6. The minimum atomic E-state index is -0.768. The molecular weight excluding hydrogens is 959 g/mol. The lowest BCUT2D eigenvalue weighted by Gasteiger charge is -2.36. The van der Waals surface area contributed by atoms with Crippen LogP contribution in [0.25, 0.3) is 22.1 Å². The highest BCUT2D eigenvalue weighted by molar-refractivity contribution is 5.88. The molecule has 16 nitrogen and oxygen atoms in total. The molecule has 4 saturated heterocycles. The predicted molar refractivity (Wildman–Crippen MR) is 282 cm³/mol. The molecule has 4 aromatic carbocycles. The minimum Gasteiger partial charge on any atom is -0.453 e. The molecule has 0 saturated carbocycles. The van der Waals surface area contributed by atoms with Crippen molar-refractivity contribution in [1.82, 2.24) is 40.4 Å². The highest BCUT2D eigenvalue weighted by Gasteiger charge is 2.41. The third-order valence-corrected chi connectivity index (χ3v) is 16.1. The molecule has 4 fully saturated rings. The molecule has 6 heterocycles. The van der Waals surface area contributed by atoms with Crippen molar-refractivity contribution < 1.29 is 37.4 Å². The number of ether oxygens (including phenoxy) is 2.